The molecule has 0 bridgehead atoms. The molecule has 1 atom stereocenters. The van der Waals surface area contributed by atoms with Crippen LogP contribution in [-0.2, 0) is 11.8 Å². The maximum Gasteiger partial charge on any atom is 0.384 e. The summed E-state index contributed by atoms with van der Waals surface area (Å²) in [6.45, 7) is 6.22. The van der Waals surface area contributed by atoms with Gasteiger partial charge in [-0.15, -0.1) is 0 Å². The Morgan fingerprint density at radius 2 is 1.71 bits per heavy atom. The summed E-state index contributed by atoms with van der Waals surface area (Å²) in [5.41, 5.74) is 2.17. The van der Waals surface area contributed by atoms with Crippen LogP contribution in [0.4, 0.5) is 0 Å². The van der Waals surface area contributed by atoms with Gasteiger partial charge < -0.3 is 9.05 Å². The molecule has 21 heavy (non-hydrogen) atoms. The van der Waals surface area contributed by atoms with Crippen LogP contribution in [0.25, 0.3) is 0 Å². The van der Waals surface area contributed by atoms with Crippen molar-refractivity contribution in [2.75, 3.05) is 0 Å². The molecule has 0 radical (unpaired) electrons. The summed E-state index contributed by atoms with van der Waals surface area (Å²) in [6.07, 6.45) is 0. The van der Waals surface area contributed by atoms with Gasteiger partial charge >= 0.3 is 5.84 Å². The topological polar surface area (TPSA) is 18.5 Å². The van der Waals surface area contributed by atoms with E-state index in [0.717, 1.165) is 11.1 Å². The molecule has 2 aromatic rings. The monoisotopic (exact) mass is 340 g/mol. The minimum absolute atomic E-state index is 0.323. The molecule has 5 heteroatoms. The van der Waals surface area contributed by atoms with Crippen molar-refractivity contribution in [1.29, 1.82) is 0 Å². The highest BCUT2D eigenvalue weighted by molar-refractivity contribution is 8.22. The molecule has 0 spiro atoms. The van der Waals surface area contributed by atoms with Crippen LogP contribution in [0.3, 0.4) is 0 Å². The first-order chi connectivity index (χ1) is 9.87. The van der Waals surface area contributed by atoms with E-state index in [4.69, 9.17) is 32.1 Å². The van der Waals surface area contributed by atoms with E-state index in [-0.39, 0.29) is 0 Å². The molecule has 0 heterocycles. The predicted octanol–water partition coefficient (Wildman–Crippen LogP) is 6.04. The molecular weight excluding hydrogens is 323 g/mol. The van der Waals surface area contributed by atoms with Gasteiger partial charge in [0.1, 0.15) is 11.5 Å². The fourth-order valence-corrected chi connectivity index (χ4v) is 3.71. The summed E-state index contributed by atoms with van der Waals surface area (Å²) >= 11 is 11.6. The van der Waals surface area contributed by atoms with Crippen molar-refractivity contribution in [3.63, 3.8) is 0 Å². The van der Waals surface area contributed by atoms with Crippen LogP contribution in [0.1, 0.15) is 30.9 Å². The zero-order chi connectivity index (χ0) is 15.5. The molecule has 0 aliphatic rings. The summed E-state index contributed by atoms with van der Waals surface area (Å²) in [7, 11) is 0. The lowest BCUT2D eigenvalue weighted by Crippen LogP contribution is -1.99. The number of rotatable bonds is 5. The minimum Gasteiger partial charge on any atom is -0.425 e. The Kier molecular flexibility index (Phi) is 5.32. The SMILES string of the molecule is Cc1ccc(C(C)C)c(OP(=S)(Cl)Oc2ccccc2)c1. The van der Waals surface area contributed by atoms with Crippen molar-refractivity contribution in [3.05, 3.63) is 59.7 Å². The molecule has 0 aliphatic carbocycles. The number of aryl methyl sites for hydroxylation is 1. The molecule has 0 saturated heterocycles. The van der Waals surface area contributed by atoms with Crippen molar-refractivity contribution in [1.82, 2.24) is 0 Å². The van der Waals surface area contributed by atoms with E-state index in [1.807, 2.05) is 49.4 Å². The Hall–Kier alpha value is -1.02. The van der Waals surface area contributed by atoms with Crippen LogP contribution in [0, 0.1) is 6.92 Å². The fourth-order valence-electron chi connectivity index (χ4n) is 1.94. The quantitative estimate of drug-likeness (QED) is 0.618. The zero-order valence-electron chi connectivity index (χ0n) is 12.2. The van der Waals surface area contributed by atoms with E-state index >= 15 is 0 Å². The summed E-state index contributed by atoms with van der Waals surface area (Å²) < 4.78 is 11.5. The molecule has 112 valence electrons. The van der Waals surface area contributed by atoms with Gasteiger partial charge in [0.15, 0.2) is 0 Å². The molecule has 0 aliphatic heterocycles. The first-order valence-electron chi connectivity index (χ1n) is 6.72. The lowest BCUT2D eigenvalue weighted by Gasteiger charge is -2.20. The van der Waals surface area contributed by atoms with Crippen LogP contribution in [0.15, 0.2) is 48.5 Å². The maximum absolute atomic E-state index is 6.32. The molecule has 0 saturated carbocycles. The lowest BCUT2D eigenvalue weighted by molar-refractivity contribution is 0.499. The van der Waals surface area contributed by atoms with Gasteiger partial charge in [0.2, 0.25) is 0 Å². The van der Waals surface area contributed by atoms with Gasteiger partial charge in [0.05, 0.1) is 0 Å². The second-order valence-electron chi connectivity index (χ2n) is 5.12. The third-order valence-corrected chi connectivity index (χ3v) is 4.66. The van der Waals surface area contributed by atoms with Crippen molar-refractivity contribution < 1.29 is 9.05 Å². The highest BCUT2D eigenvalue weighted by Gasteiger charge is 2.21. The molecule has 0 N–H and O–H groups in total. The Bertz CT molecular complexity index is 659. The number of para-hydroxylation sites is 1. The van der Waals surface area contributed by atoms with E-state index in [2.05, 4.69) is 19.9 Å². The van der Waals surface area contributed by atoms with E-state index in [1.54, 1.807) is 0 Å². The van der Waals surface area contributed by atoms with E-state index in [1.165, 1.54) is 0 Å². The first-order valence-corrected chi connectivity index (χ1v) is 10.3. The molecule has 2 nitrogen and oxygen atoms in total. The normalized spacial score (nSPS) is 13.8. The standard InChI is InChI=1S/C16H18ClO2PS/c1-12(2)15-10-9-13(3)11-16(15)19-20(17,21)18-14-7-5-4-6-8-14/h4-12H,1-3H3. The van der Waals surface area contributed by atoms with Gasteiger partial charge in [0.25, 0.3) is 0 Å². The van der Waals surface area contributed by atoms with Crippen molar-refractivity contribution in [2.24, 2.45) is 0 Å². The Morgan fingerprint density at radius 3 is 2.33 bits per heavy atom. The number of halogens is 1. The lowest BCUT2D eigenvalue weighted by atomic mass is 10.0. The summed E-state index contributed by atoms with van der Waals surface area (Å²) in [5, 5.41) is 0. The molecule has 1 unspecified atom stereocenters. The highest BCUT2D eigenvalue weighted by atomic mass is 35.7. The van der Waals surface area contributed by atoms with Gasteiger partial charge in [-0.2, -0.15) is 0 Å². The molecular formula is C16H18ClO2PS. The summed E-state index contributed by atoms with van der Waals surface area (Å²) in [5.74, 6) is -1.27. The molecule has 2 rings (SSSR count). The van der Waals surface area contributed by atoms with Crippen LogP contribution in [-0.4, -0.2) is 0 Å². The molecule has 0 aromatic heterocycles. The van der Waals surface area contributed by atoms with E-state index in [0.29, 0.717) is 17.4 Å². The third-order valence-electron chi connectivity index (χ3n) is 2.96. The summed E-state index contributed by atoms with van der Waals surface area (Å²) in [6, 6.07) is 15.3. The molecule has 0 fully saturated rings. The Balaban J connectivity index is 2.24. The third kappa shape index (κ3) is 4.74. The number of hydrogen-bond donors (Lipinski definition) is 0. The zero-order valence-corrected chi connectivity index (χ0v) is 14.7. The van der Waals surface area contributed by atoms with Crippen molar-refractivity contribution in [2.45, 2.75) is 26.7 Å². The highest BCUT2D eigenvalue weighted by Crippen LogP contribution is 2.54. The van der Waals surface area contributed by atoms with Crippen LogP contribution >= 0.6 is 17.1 Å². The average molecular weight is 341 g/mol. The minimum atomic E-state index is -2.92. The molecule has 2 aromatic carbocycles. The number of benzene rings is 2. The summed E-state index contributed by atoms with van der Waals surface area (Å²) in [4.78, 5) is 0. The van der Waals surface area contributed by atoms with Crippen LogP contribution in [0.2, 0.25) is 0 Å². The second kappa shape index (κ2) is 6.83. The van der Waals surface area contributed by atoms with E-state index in [9.17, 15) is 0 Å². The Labute approximate surface area is 136 Å². The largest absolute Gasteiger partial charge is 0.425 e. The number of hydrogen-bond acceptors (Lipinski definition) is 3. The smallest absolute Gasteiger partial charge is 0.384 e. The van der Waals surface area contributed by atoms with Crippen LogP contribution in [0.5, 0.6) is 11.5 Å². The van der Waals surface area contributed by atoms with Gasteiger partial charge in [0, 0.05) is 11.8 Å². The molecule has 0 amide bonds. The van der Waals surface area contributed by atoms with Gasteiger partial charge in [-0.25, -0.2) is 0 Å². The fraction of sp³-hybridized carbons (Fsp3) is 0.250. The predicted molar refractivity (Wildman–Crippen MR) is 93.1 cm³/mol. The van der Waals surface area contributed by atoms with Crippen LogP contribution < -0.4 is 9.05 Å². The van der Waals surface area contributed by atoms with Crippen molar-refractivity contribution in [3.8, 4) is 11.5 Å². The Morgan fingerprint density at radius 1 is 1.05 bits per heavy atom. The maximum atomic E-state index is 6.32. The van der Waals surface area contributed by atoms with Gasteiger partial charge in [-0.05, 0) is 53.4 Å². The van der Waals surface area contributed by atoms with Gasteiger partial charge in [-0.3, -0.25) is 0 Å². The first kappa shape index (κ1) is 16.4. The van der Waals surface area contributed by atoms with E-state index < -0.39 is 5.84 Å². The second-order valence-corrected chi connectivity index (χ2v) is 9.73. The van der Waals surface area contributed by atoms with Crippen molar-refractivity contribution >= 4 is 28.9 Å². The average Bonchev–Trinajstić information content (AvgIpc) is 2.38. The van der Waals surface area contributed by atoms with Gasteiger partial charge in [-0.1, -0.05) is 44.2 Å².